The average molecular weight is 181 g/mol. The minimum atomic E-state index is -0.367. The largest absolute Gasteiger partial charge is 0.385 e. The van der Waals surface area contributed by atoms with E-state index in [-0.39, 0.29) is 11.6 Å². The quantitative estimate of drug-likeness (QED) is 0.634. The number of amidine groups is 1. The minimum Gasteiger partial charge on any atom is -0.385 e. The first kappa shape index (κ1) is 8.53. The zero-order valence-electron chi connectivity index (χ0n) is 7.84. The van der Waals surface area contributed by atoms with E-state index in [4.69, 9.17) is 5.73 Å². The molecule has 0 aromatic rings. The normalized spacial score (nSPS) is 34.8. The first-order chi connectivity index (χ1) is 6.13. The van der Waals surface area contributed by atoms with Gasteiger partial charge in [-0.05, 0) is 25.7 Å². The standard InChI is InChI=1S/C9H15N3O/c1-9(6-4-2-3-5-6)7(10)11-8(13)12-9/h6H,2-5H2,1H3,(H3,10,11,12,13). The molecule has 1 unspecified atom stereocenters. The summed E-state index contributed by atoms with van der Waals surface area (Å²) in [5.41, 5.74) is 5.38. The van der Waals surface area contributed by atoms with Crippen molar-refractivity contribution >= 4 is 11.9 Å². The molecule has 1 heterocycles. The maximum absolute atomic E-state index is 11.0. The van der Waals surface area contributed by atoms with Gasteiger partial charge in [0.1, 0.15) is 5.84 Å². The summed E-state index contributed by atoms with van der Waals surface area (Å²) in [4.78, 5) is 14.8. The van der Waals surface area contributed by atoms with Crippen molar-refractivity contribution in [1.29, 1.82) is 0 Å². The Morgan fingerprint density at radius 2 is 2.15 bits per heavy atom. The van der Waals surface area contributed by atoms with Crippen molar-refractivity contribution in [1.82, 2.24) is 5.32 Å². The van der Waals surface area contributed by atoms with E-state index in [1.807, 2.05) is 6.92 Å². The molecule has 0 radical (unpaired) electrons. The van der Waals surface area contributed by atoms with Gasteiger partial charge in [-0.3, -0.25) is 0 Å². The van der Waals surface area contributed by atoms with Crippen LogP contribution in [0.25, 0.3) is 0 Å². The van der Waals surface area contributed by atoms with Crippen molar-refractivity contribution < 1.29 is 4.79 Å². The fourth-order valence-corrected chi connectivity index (χ4v) is 2.35. The summed E-state index contributed by atoms with van der Waals surface area (Å²) >= 11 is 0. The van der Waals surface area contributed by atoms with Crippen molar-refractivity contribution in [2.45, 2.75) is 38.1 Å². The first-order valence-electron chi connectivity index (χ1n) is 4.80. The number of aliphatic imine (C=N–C) groups is 1. The van der Waals surface area contributed by atoms with E-state index in [1.54, 1.807) is 0 Å². The van der Waals surface area contributed by atoms with Gasteiger partial charge in [0.25, 0.3) is 0 Å². The number of amides is 2. The highest BCUT2D eigenvalue weighted by Crippen LogP contribution is 2.35. The van der Waals surface area contributed by atoms with E-state index in [9.17, 15) is 4.79 Å². The molecule has 1 atom stereocenters. The van der Waals surface area contributed by atoms with Crippen LogP contribution in [-0.4, -0.2) is 17.4 Å². The first-order valence-corrected chi connectivity index (χ1v) is 4.80. The van der Waals surface area contributed by atoms with Gasteiger partial charge in [-0.2, -0.15) is 4.99 Å². The second-order valence-corrected chi connectivity index (χ2v) is 4.11. The Kier molecular flexibility index (Phi) is 1.78. The molecule has 1 aliphatic carbocycles. The summed E-state index contributed by atoms with van der Waals surface area (Å²) in [5.74, 6) is 0.937. The third-order valence-corrected chi connectivity index (χ3v) is 3.29. The Hall–Kier alpha value is -1.06. The molecule has 1 saturated carbocycles. The van der Waals surface area contributed by atoms with Crippen LogP contribution in [0.2, 0.25) is 0 Å². The average Bonchev–Trinajstić information content (AvgIpc) is 2.61. The Morgan fingerprint density at radius 1 is 1.54 bits per heavy atom. The smallest absolute Gasteiger partial charge is 0.343 e. The highest BCUT2D eigenvalue weighted by molar-refractivity contribution is 6.05. The molecule has 72 valence electrons. The predicted molar refractivity (Wildman–Crippen MR) is 50.5 cm³/mol. The lowest BCUT2D eigenvalue weighted by Gasteiger charge is -2.30. The van der Waals surface area contributed by atoms with Gasteiger partial charge in [0.05, 0.1) is 5.54 Å². The maximum Gasteiger partial charge on any atom is 0.343 e. The van der Waals surface area contributed by atoms with Crippen LogP contribution in [-0.2, 0) is 0 Å². The predicted octanol–water partition coefficient (Wildman–Crippen LogP) is 1.02. The van der Waals surface area contributed by atoms with Gasteiger partial charge in [0, 0.05) is 0 Å². The monoisotopic (exact) mass is 181 g/mol. The molecular formula is C9H15N3O. The molecular weight excluding hydrogens is 166 g/mol. The number of carbonyl (C=O) groups excluding carboxylic acids is 1. The molecule has 0 bridgehead atoms. The molecule has 13 heavy (non-hydrogen) atoms. The number of nitrogens with two attached hydrogens (primary N) is 1. The van der Waals surface area contributed by atoms with E-state index in [2.05, 4.69) is 10.3 Å². The minimum absolute atomic E-state index is 0.285. The molecule has 2 aliphatic rings. The van der Waals surface area contributed by atoms with E-state index in [1.165, 1.54) is 12.8 Å². The number of hydrogen-bond acceptors (Lipinski definition) is 2. The van der Waals surface area contributed by atoms with Gasteiger partial charge in [0.15, 0.2) is 0 Å². The molecule has 0 saturated heterocycles. The van der Waals surface area contributed by atoms with Gasteiger partial charge in [-0.1, -0.05) is 12.8 Å². The number of urea groups is 1. The van der Waals surface area contributed by atoms with Crippen molar-refractivity contribution in [2.24, 2.45) is 16.6 Å². The van der Waals surface area contributed by atoms with Crippen LogP contribution < -0.4 is 11.1 Å². The zero-order valence-corrected chi connectivity index (χ0v) is 7.84. The fourth-order valence-electron chi connectivity index (χ4n) is 2.35. The SMILES string of the molecule is CC1(C2CCCC2)NC(=O)N=C1N. The highest BCUT2D eigenvalue weighted by atomic mass is 16.2. The summed E-state index contributed by atoms with van der Waals surface area (Å²) in [6, 6.07) is -0.285. The fraction of sp³-hybridized carbons (Fsp3) is 0.778. The third-order valence-electron chi connectivity index (χ3n) is 3.29. The molecule has 4 nitrogen and oxygen atoms in total. The van der Waals surface area contributed by atoms with Crippen LogP contribution in [0.15, 0.2) is 4.99 Å². The summed E-state index contributed by atoms with van der Waals surface area (Å²) in [5, 5.41) is 2.85. The van der Waals surface area contributed by atoms with Crippen LogP contribution >= 0.6 is 0 Å². The summed E-state index contributed by atoms with van der Waals surface area (Å²) in [6.45, 7) is 1.98. The molecule has 1 fully saturated rings. The van der Waals surface area contributed by atoms with Gasteiger partial charge in [-0.15, -0.1) is 0 Å². The lowest BCUT2D eigenvalue weighted by Crippen LogP contribution is -2.53. The van der Waals surface area contributed by atoms with E-state index in [0.29, 0.717) is 11.8 Å². The van der Waals surface area contributed by atoms with Crippen LogP contribution in [0.4, 0.5) is 4.79 Å². The zero-order chi connectivity index (χ0) is 9.47. The summed E-state index contributed by atoms with van der Waals surface area (Å²) < 4.78 is 0. The van der Waals surface area contributed by atoms with Crippen LogP contribution in [0.1, 0.15) is 32.6 Å². The van der Waals surface area contributed by atoms with Gasteiger partial charge in [-0.25, -0.2) is 4.79 Å². The number of carbonyl (C=O) groups is 1. The molecule has 0 spiro atoms. The molecule has 1 aliphatic heterocycles. The Morgan fingerprint density at radius 3 is 2.62 bits per heavy atom. The van der Waals surface area contributed by atoms with Crippen LogP contribution in [0.3, 0.4) is 0 Å². The number of rotatable bonds is 1. The van der Waals surface area contributed by atoms with Crippen molar-refractivity contribution in [3.63, 3.8) is 0 Å². The Balaban J connectivity index is 2.20. The summed E-state index contributed by atoms with van der Waals surface area (Å²) in [6.07, 6.45) is 4.77. The van der Waals surface area contributed by atoms with Gasteiger partial charge in [0.2, 0.25) is 0 Å². The number of hydrogen-bond donors (Lipinski definition) is 2. The van der Waals surface area contributed by atoms with E-state index >= 15 is 0 Å². The lowest BCUT2D eigenvalue weighted by atomic mass is 9.84. The maximum atomic E-state index is 11.0. The Bertz CT molecular complexity index is 268. The molecule has 3 N–H and O–H groups in total. The van der Waals surface area contributed by atoms with E-state index < -0.39 is 0 Å². The van der Waals surface area contributed by atoms with Crippen molar-refractivity contribution in [2.75, 3.05) is 0 Å². The molecule has 0 aromatic carbocycles. The highest BCUT2D eigenvalue weighted by Gasteiger charge is 2.44. The van der Waals surface area contributed by atoms with Crippen LogP contribution in [0.5, 0.6) is 0 Å². The number of nitrogens with zero attached hydrogens (tertiary/aromatic N) is 1. The van der Waals surface area contributed by atoms with Crippen molar-refractivity contribution in [3.8, 4) is 0 Å². The van der Waals surface area contributed by atoms with Gasteiger partial charge >= 0.3 is 6.03 Å². The third kappa shape index (κ3) is 1.20. The summed E-state index contributed by atoms with van der Waals surface area (Å²) in [7, 11) is 0. The second-order valence-electron chi connectivity index (χ2n) is 4.11. The van der Waals surface area contributed by atoms with E-state index in [0.717, 1.165) is 12.8 Å². The van der Waals surface area contributed by atoms with Gasteiger partial charge < -0.3 is 11.1 Å². The topological polar surface area (TPSA) is 67.5 Å². The Labute approximate surface area is 77.6 Å². The van der Waals surface area contributed by atoms with Crippen LogP contribution in [0, 0.1) is 5.92 Å². The second kappa shape index (κ2) is 2.72. The molecule has 4 heteroatoms. The molecule has 2 amide bonds. The number of nitrogens with one attached hydrogen (secondary N) is 1. The molecule has 2 rings (SSSR count). The van der Waals surface area contributed by atoms with Crippen molar-refractivity contribution in [3.05, 3.63) is 0 Å². The lowest BCUT2D eigenvalue weighted by molar-refractivity contribution is 0.239. The molecule has 0 aromatic heterocycles.